The van der Waals surface area contributed by atoms with Crippen molar-refractivity contribution in [3.63, 3.8) is 0 Å². The summed E-state index contributed by atoms with van der Waals surface area (Å²) >= 11 is 0. The van der Waals surface area contributed by atoms with E-state index in [1.54, 1.807) is 0 Å². The molecule has 19 heavy (non-hydrogen) atoms. The van der Waals surface area contributed by atoms with Gasteiger partial charge in [0.1, 0.15) is 0 Å². The molecule has 0 radical (unpaired) electrons. The molecule has 96 valence electrons. The molecule has 1 unspecified atom stereocenters. The smallest absolute Gasteiger partial charge is 0.0431 e. The first kappa shape index (κ1) is 12.2. The summed E-state index contributed by atoms with van der Waals surface area (Å²) in [7, 11) is 0. The third kappa shape index (κ3) is 1.81. The van der Waals surface area contributed by atoms with Gasteiger partial charge in [-0.05, 0) is 39.6 Å². The number of hydrogen-bond donors (Lipinski definition) is 2. The molecule has 0 aliphatic rings. The van der Waals surface area contributed by atoms with Crippen molar-refractivity contribution in [3.8, 4) is 0 Å². The number of benzene rings is 3. The van der Waals surface area contributed by atoms with E-state index in [1.807, 2.05) is 0 Å². The Labute approximate surface area is 113 Å². The first-order chi connectivity index (χ1) is 9.24. The average Bonchev–Trinajstić information content (AvgIpc) is 2.47. The van der Waals surface area contributed by atoms with Gasteiger partial charge in [-0.2, -0.15) is 0 Å². The number of fused-ring (bicyclic) bond motifs is 2. The number of rotatable bonds is 2. The third-order valence-electron chi connectivity index (χ3n) is 3.87. The highest BCUT2D eigenvalue weighted by Crippen LogP contribution is 2.34. The lowest BCUT2D eigenvalue weighted by atomic mass is 9.89. The lowest BCUT2D eigenvalue weighted by Crippen LogP contribution is -2.21. The molecular weight excluding hydrogens is 232 g/mol. The monoisotopic (exact) mass is 250 g/mol. The fourth-order valence-electron chi connectivity index (χ4n) is 2.90. The molecule has 0 fully saturated rings. The van der Waals surface area contributed by atoms with Crippen LogP contribution >= 0.6 is 0 Å². The minimum atomic E-state index is -0.129. The Morgan fingerprint density at radius 3 is 1.68 bits per heavy atom. The molecule has 0 aliphatic carbocycles. The van der Waals surface area contributed by atoms with Crippen molar-refractivity contribution in [2.24, 2.45) is 11.5 Å². The van der Waals surface area contributed by atoms with Crippen LogP contribution in [0.15, 0.2) is 48.5 Å². The van der Waals surface area contributed by atoms with Crippen LogP contribution in [-0.2, 0) is 0 Å². The van der Waals surface area contributed by atoms with Gasteiger partial charge in [0.2, 0.25) is 0 Å². The molecule has 1 atom stereocenters. The Hall–Kier alpha value is -1.90. The highest BCUT2D eigenvalue weighted by Gasteiger charge is 2.15. The topological polar surface area (TPSA) is 52.0 Å². The predicted octanol–water partition coefficient (Wildman–Crippen LogP) is 3.26. The largest absolute Gasteiger partial charge is 0.329 e. The van der Waals surface area contributed by atoms with E-state index in [0.29, 0.717) is 6.54 Å². The Bertz CT molecular complexity index is 690. The zero-order chi connectivity index (χ0) is 13.4. The molecular formula is C17H18N2. The lowest BCUT2D eigenvalue weighted by Gasteiger charge is -2.18. The van der Waals surface area contributed by atoms with Crippen LogP contribution in [0.2, 0.25) is 0 Å². The van der Waals surface area contributed by atoms with Crippen molar-refractivity contribution in [1.29, 1.82) is 0 Å². The van der Waals surface area contributed by atoms with E-state index < -0.39 is 0 Å². The van der Waals surface area contributed by atoms with Gasteiger partial charge >= 0.3 is 0 Å². The van der Waals surface area contributed by atoms with E-state index >= 15 is 0 Å². The Kier molecular flexibility index (Phi) is 2.97. The summed E-state index contributed by atoms with van der Waals surface area (Å²) in [6.45, 7) is 2.62. The van der Waals surface area contributed by atoms with Crippen molar-refractivity contribution >= 4 is 21.5 Å². The Balaban J connectivity index is 2.56. The molecule has 2 nitrogen and oxygen atoms in total. The summed E-state index contributed by atoms with van der Waals surface area (Å²) in [5.74, 6) is 0. The second-order valence-corrected chi connectivity index (χ2v) is 4.97. The number of nitrogens with two attached hydrogens (primary N) is 2. The first-order valence-electron chi connectivity index (χ1n) is 6.59. The van der Waals surface area contributed by atoms with Crippen LogP contribution in [0, 0.1) is 6.92 Å². The maximum absolute atomic E-state index is 6.25. The Morgan fingerprint density at radius 1 is 0.842 bits per heavy atom. The molecule has 4 N–H and O–H groups in total. The van der Waals surface area contributed by atoms with Gasteiger partial charge in [0.05, 0.1) is 0 Å². The average molecular weight is 250 g/mol. The molecule has 0 saturated carbocycles. The van der Waals surface area contributed by atoms with Crippen molar-refractivity contribution in [2.45, 2.75) is 13.0 Å². The molecule has 0 amide bonds. The quantitative estimate of drug-likeness (QED) is 0.686. The third-order valence-corrected chi connectivity index (χ3v) is 3.87. The molecule has 3 rings (SSSR count). The summed E-state index contributed by atoms with van der Waals surface area (Å²) in [6.07, 6.45) is 0. The van der Waals surface area contributed by atoms with E-state index in [4.69, 9.17) is 11.5 Å². The SMILES string of the molecule is Cc1c2ccccc2c(C(N)CN)c2ccccc12. The Morgan fingerprint density at radius 2 is 1.26 bits per heavy atom. The standard InChI is InChI=1S/C17H18N2/c1-11-12-6-2-4-8-14(12)17(16(19)10-18)15-9-5-3-7-13(11)15/h2-9,16H,10,18-19H2,1H3. The molecule has 0 saturated heterocycles. The molecule has 0 bridgehead atoms. The number of aryl methyl sites for hydroxylation is 1. The van der Waals surface area contributed by atoms with E-state index in [0.717, 1.165) is 0 Å². The van der Waals surface area contributed by atoms with E-state index in [-0.39, 0.29) is 6.04 Å². The summed E-state index contributed by atoms with van der Waals surface area (Å²) in [4.78, 5) is 0. The van der Waals surface area contributed by atoms with Gasteiger partial charge in [-0.15, -0.1) is 0 Å². The van der Waals surface area contributed by atoms with Gasteiger partial charge in [0, 0.05) is 12.6 Å². The fraction of sp³-hybridized carbons (Fsp3) is 0.176. The summed E-state index contributed by atoms with van der Waals surface area (Å²) in [6, 6.07) is 16.7. The highest BCUT2D eigenvalue weighted by atomic mass is 14.7. The summed E-state index contributed by atoms with van der Waals surface area (Å²) < 4.78 is 0. The van der Waals surface area contributed by atoms with Crippen LogP contribution in [-0.4, -0.2) is 6.54 Å². The highest BCUT2D eigenvalue weighted by molar-refractivity contribution is 6.05. The van der Waals surface area contributed by atoms with E-state index in [2.05, 4.69) is 55.5 Å². The first-order valence-corrected chi connectivity index (χ1v) is 6.59. The summed E-state index contributed by atoms with van der Waals surface area (Å²) in [5.41, 5.74) is 14.5. The molecule has 3 aromatic carbocycles. The normalized spacial score (nSPS) is 13.0. The number of hydrogen-bond acceptors (Lipinski definition) is 2. The van der Waals surface area contributed by atoms with Crippen molar-refractivity contribution in [2.75, 3.05) is 6.54 Å². The zero-order valence-corrected chi connectivity index (χ0v) is 11.1. The van der Waals surface area contributed by atoms with Gasteiger partial charge in [-0.25, -0.2) is 0 Å². The zero-order valence-electron chi connectivity index (χ0n) is 11.1. The summed E-state index contributed by atoms with van der Waals surface area (Å²) in [5, 5.41) is 4.97. The predicted molar refractivity (Wildman–Crippen MR) is 82.2 cm³/mol. The van der Waals surface area contributed by atoms with Crippen molar-refractivity contribution < 1.29 is 0 Å². The maximum Gasteiger partial charge on any atom is 0.0431 e. The molecule has 0 aliphatic heterocycles. The van der Waals surface area contributed by atoms with Crippen LogP contribution in [0.3, 0.4) is 0 Å². The van der Waals surface area contributed by atoms with Gasteiger partial charge in [-0.3, -0.25) is 0 Å². The van der Waals surface area contributed by atoms with Gasteiger partial charge in [-0.1, -0.05) is 48.5 Å². The van der Waals surface area contributed by atoms with E-state index in [9.17, 15) is 0 Å². The van der Waals surface area contributed by atoms with Gasteiger partial charge < -0.3 is 11.5 Å². The van der Waals surface area contributed by atoms with Gasteiger partial charge in [0.15, 0.2) is 0 Å². The second kappa shape index (κ2) is 4.65. The van der Waals surface area contributed by atoms with Gasteiger partial charge in [0.25, 0.3) is 0 Å². The maximum atomic E-state index is 6.25. The molecule has 2 heteroatoms. The molecule has 3 aromatic rings. The van der Waals surface area contributed by atoms with Crippen molar-refractivity contribution in [3.05, 3.63) is 59.7 Å². The second-order valence-electron chi connectivity index (χ2n) is 4.97. The minimum Gasteiger partial charge on any atom is -0.329 e. The van der Waals surface area contributed by atoms with Crippen LogP contribution in [0.25, 0.3) is 21.5 Å². The molecule has 0 spiro atoms. The van der Waals surface area contributed by atoms with Crippen LogP contribution in [0.1, 0.15) is 17.2 Å². The van der Waals surface area contributed by atoms with E-state index in [1.165, 1.54) is 32.7 Å². The van der Waals surface area contributed by atoms with Crippen LogP contribution in [0.5, 0.6) is 0 Å². The minimum absolute atomic E-state index is 0.129. The van der Waals surface area contributed by atoms with Crippen LogP contribution < -0.4 is 11.5 Å². The molecule has 0 aromatic heterocycles. The van der Waals surface area contributed by atoms with Crippen LogP contribution in [0.4, 0.5) is 0 Å². The fourth-order valence-corrected chi connectivity index (χ4v) is 2.90. The lowest BCUT2D eigenvalue weighted by molar-refractivity contribution is 0.749. The van der Waals surface area contributed by atoms with Crippen molar-refractivity contribution in [1.82, 2.24) is 0 Å². The molecule has 0 heterocycles.